The fourth-order valence-corrected chi connectivity index (χ4v) is 1.88. The maximum absolute atomic E-state index is 9.20. The molecular formula is C13H15N3O5. The van der Waals surface area contributed by atoms with Gasteiger partial charge in [0, 0.05) is 20.0 Å². The highest BCUT2D eigenvalue weighted by atomic mass is 16.7. The number of aromatic nitrogens is 3. The molecule has 8 heteroatoms. The molecule has 1 aliphatic rings. The number of hydrogen-bond donors (Lipinski definition) is 1. The van der Waals surface area contributed by atoms with Gasteiger partial charge >= 0.3 is 0 Å². The highest BCUT2D eigenvalue weighted by molar-refractivity contribution is 5.51. The highest BCUT2D eigenvalue weighted by Crippen LogP contribution is 2.26. The van der Waals surface area contributed by atoms with E-state index in [9.17, 15) is 5.11 Å². The minimum absolute atomic E-state index is 0.0134. The summed E-state index contributed by atoms with van der Waals surface area (Å²) >= 11 is 0. The van der Waals surface area contributed by atoms with Gasteiger partial charge in [-0.05, 0) is 5.16 Å². The number of rotatable bonds is 6. The van der Waals surface area contributed by atoms with Crippen molar-refractivity contribution in [3.63, 3.8) is 0 Å². The van der Waals surface area contributed by atoms with E-state index in [1.54, 1.807) is 6.07 Å². The highest BCUT2D eigenvalue weighted by Gasteiger charge is 2.29. The fourth-order valence-electron chi connectivity index (χ4n) is 1.88. The summed E-state index contributed by atoms with van der Waals surface area (Å²) in [7, 11) is 1.52. The molecule has 0 bridgehead atoms. The molecule has 2 heterocycles. The van der Waals surface area contributed by atoms with Crippen LogP contribution in [0, 0.1) is 0 Å². The molecule has 1 saturated carbocycles. The van der Waals surface area contributed by atoms with Crippen LogP contribution < -0.4 is 9.47 Å². The van der Waals surface area contributed by atoms with E-state index in [4.69, 9.17) is 18.7 Å². The first kappa shape index (κ1) is 13.8. The minimum atomic E-state index is -0.262. The predicted molar refractivity (Wildman–Crippen MR) is 69.7 cm³/mol. The summed E-state index contributed by atoms with van der Waals surface area (Å²) < 4.78 is 20.6. The molecule has 2 aromatic heterocycles. The Labute approximate surface area is 120 Å². The summed E-state index contributed by atoms with van der Waals surface area (Å²) in [5, 5.41) is 12.9. The average molecular weight is 293 g/mol. The normalized spacial score (nSPS) is 20.9. The van der Waals surface area contributed by atoms with Crippen LogP contribution in [0.15, 0.2) is 23.0 Å². The van der Waals surface area contributed by atoms with Crippen molar-refractivity contribution in [2.45, 2.75) is 25.0 Å². The maximum Gasteiger partial charge on any atom is 0.256 e. The predicted octanol–water partition coefficient (Wildman–Crippen LogP) is 1.02. The van der Waals surface area contributed by atoms with E-state index >= 15 is 0 Å². The molecular weight excluding hydrogens is 278 g/mol. The third-order valence-corrected chi connectivity index (χ3v) is 3.05. The molecule has 1 fully saturated rings. The second-order valence-corrected chi connectivity index (χ2v) is 4.69. The van der Waals surface area contributed by atoms with Gasteiger partial charge in [-0.15, -0.1) is 0 Å². The topological polar surface area (TPSA) is 99.7 Å². The molecule has 0 aliphatic heterocycles. The van der Waals surface area contributed by atoms with Crippen LogP contribution in [0.1, 0.15) is 12.8 Å². The van der Waals surface area contributed by atoms with Crippen LogP contribution >= 0.6 is 0 Å². The van der Waals surface area contributed by atoms with Gasteiger partial charge in [0.25, 0.3) is 5.88 Å². The summed E-state index contributed by atoms with van der Waals surface area (Å²) in [6.45, 7) is 0.0949. The Morgan fingerprint density at radius 3 is 2.81 bits per heavy atom. The summed E-state index contributed by atoms with van der Waals surface area (Å²) in [6.07, 6.45) is 4.06. The molecule has 0 unspecified atom stereocenters. The van der Waals surface area contributed by atoms with Crippen molar-refractivity contribution in [2.24, 2.45) is 0 Å². The van der Waals surface area contributed by atoms with Gasteiger partial charge in [0.05, 0.1) is 24.6 Å². The summed E-state index contributed by atoms with van der Waals surface area (Å²) in [6, 6.07) is 1.60. The Bertz CT molecular complexity index is 580. The van der Waals surface area contributed by atoms with Crippen LogP contribution in [-0.4, -0.2) is 46.3 Å². The van der Waals surface area contributed by atoms with Crippen LogP contribution in [0.2, 0.25) is 0 Å². The number of aliphatic hydroxyl groups excluding tert-OH is 1. The van der Waals surface area contributed by atoms with E-state index in [0.29, 0.717) is 36.1 Å². The second-order valence-electron chi connectivity index (χ2n) is 4.69. The van der Waals surface area contributed by atoms with Crippen molar-refractivity contribution < 1.29 is 23.8 Å². The van der Waals surface area contributed by atoms with E-state index in [1.807, 2.05) is 0 Å². The Morgan fingerprint density at radius 1 is 1.29 bits per heavy atom. The Hall–Kier alpha value is -2.19. The van der Waals surface area contributed by atoms with Crippen LogP contribution in [0.5, 0.6) is 11.8 Å². The fraction of sp³-hybridized carbons (Fsp3) is 0.462. The first-order valence-corrected chi connectivity index (χ1v) is 6.50. The first-order valence-electron chi connectivity index (χ1n) is 6.50. The van der Waals surface area contributed by atoms with Gasteiger partial charge in [-0.1, -0.05) is 0 Å². The molecule has 0 spiro atoms. The average Bonchev–Trinajstić information content (AvgIpc) is 2.93. The molecule has 8 nitrogen and oxygen atoms in total. The zero-order valence-electron chi connectivity index (χ0n) is 11.4. The third kappa shape index (κ3) is 3.29. The summed E-state index contributed by atoms with van der Waals surface area (Å²) in [5.41, 5.74) is 0.524. The van der Waals surface area contributed by atoms with Gasteiger partial charge in [-0.3, -0.25) is 0 Å². The molecule has 0 saturated heterocycles. The molecule has 0 radical (unpaired) electrons. The molecule has 21 heavy (non-hydrogen) atoms. The molecule has 0 aromatic carbocycles. The Kier molecular flexibility index (Phi) is 3.98. The molecule has 0 amide bonds. The van der Waals surface area contributed by atoms with Gasteiger partial charge in [-0.25, -0.2) is 9.97 Å². The standard InChI is InChI=1S/C13H15N3O5/c1-18-7-19-12-4-11(21-16-12)10-5-15-13(6-14-10)20-9-2-8(17)3-9/h4-6,8-9,17H,2-3,7H2,1H3/t8-,9+. The Morgan fingerprint density at radius 2 is 2.14 bits per heavy atom. The SMILES string of the molecule is COCOc1cc(-c2cnc(O[C@H]3C[C@@H](O)C3)cn2)on1. The smallest absolute Gasteiger partial charge is 0.256 e. The lowest BCUT2D eigenvalue weighted by Gasteiger charge is -2.30. The maximum atomic E-state index is 9.20. The molecule has 112 valence electrons. The van der Waals surface area contributed by atoms with E-state index in [0.717, 1.165) is 0 Å². The molecule has 1 aliphatic carbocycles. The van der Waals surface area contributed by atoms with E-state index < -0.39 is 0 Å². The van der Waals surface area contributed by atoms with Crippen LogP contribution in [0.3, 0.4) is 0 Å². The van der Waals surface area contributed by atoms with Crippen LogP contribution in [0.25, 0.3) is 11.5 Å². The van der Waals surface area contributed by atoms with E-state index in [1.165, 1.54) is 19.5 Å². The van der Waals surface area contributed by atoms with E-state index in [-0.39, 0.29) is 19.0 Å². The largest absolute Gasteiger partial charge is 0.473 e. The lowest BCUT2D eigenvalue weighted by atomic mass is 9.92. The zero-order valence-corrected chi connectivity index (χ0v) is 11.4. The van der Waals surface area contributed by atoms with Gasteiger partial charge in [0.2, 0.25) is 5.88 Å². The number of ether oxygens (including phenoxy) is 3. The van der Waals surface area contributed by atoms with E-state index in [2.05, 4.69) is 15.1 Å². The first-order chi connectivity index (χ1) is 10.2. The monoisotopic (exact) mass is 293 g/mol. The number of methoxy groups -OCH3 is 1. The van der Waals surface area contributed by atoms with Crippen molar-refractivity contribution in [1.29, 1.82) is 0 Å². The minimum Gasteiger partial charge on any atom is -0.473 e. The van der Waals surface area contributed by atoms with Crippen molar-refractivity contribution in [3.05, 3.63) is 18.5 Å². The second kappa shape index (κ2) is 6.06. The lowest BCUT2D eigenvalue weighted by molar-refractivity contribution is -0.0130. The quantitative estimate of drug-likeness (QED) is 0.788. The van der Waals surface area contributed by atoms with Gasteiger partial charge in [0.15, 0.2) is 12.6 Å². The third-order valence-electron chi connectivity index (χ3n) is 3.05. The molecule has 0 atom stereocenters. The Balaban J connectivity index is 1.62. The summed E-state index contributed by atoms with van der Waals surface area (Å²) in [5.74, 6) is 1.18. The van der Waals surface area contributed by atoms with Gasteiger partial charge in [-0.2, -0.15) is 0 Å². The molecule has 1 N–H and O–H groups in total. The van der Waals surface area contributed by atoms with Crippen LogP contribution in [-0.2, 0) is 4.74 Å². The number of hydrogen-bond acceptors (Lipinski definition) is 8. The number of nitrogens with zero attached hydrogens (tertiary/aromatic N) is 3. The molecule has 3 rings (SSSR count). The number of aliphatic hydroxyl groups is 1. The van der Waals surface area contributed by atoms with Crippen molar-refractivity contribution >= 4 is 0 Å². The molecule has 2 aromatic rings. The van der Waals surface area contributed by atoms with Gasteiger partial charge in [0.1, 0.15) is 11.8 Å². The van der Waals surface area contributed by atoms with Crippen molar-refractivity contribution in [3.8, 4) is 23.2 Å². The van der Waals surface area contributed by atoms with Gasteiger partial charge < -0.3 is 23.8 Å². The zero-order chi connectivity index (χ0) is 14.7. The van der Waals surface area contributed by atoms with Crippen molar-refractivity contribution in [2.75, 3.05) is 13.9 Å². The lowest BCUT2D eigenvalue weighted by Crippen LogP contribution is -2.37. The summed E-state index contributed by atoms with van der Waals surface area (Å²) in [4.78, 5) is 8.36. The van der Waals surface area contributed by atoms with Crippen molar-refractivity contribution in [1.82, 2.24) is 15.1 Å². The van der Waals surface area contributed by atoms with Crippen LogP contribution in [0.4, 0.5) is 0 Å².